The fourth-order valence-corrected chi connectivity index (χ4v) is 3.59. The van der Waals surface area contributed by atoms with Crippen molar-refractivity contribution in [2.24, 2.45) is 0 Å². The molecule has 1 atom stereocenters. The molecular formula is C24H22ClN3O2. The van der Waals surface area contributed by atoms with Crippen LogP contribution in [-0.2, 0) is 13.0 Å². The van der Waals surface area contributed by atoms with Gasteiger partial charge >= 0.3 is 0 Å². The molecule has 0 spiro atoms. The van der Waals surface area contributed by atoms with E-state index in [1.54, 1.807) is 24.3 Å². The van der Waals surface area contributed by atoms with Crippen LogP contribution < -0.4 is 5.32 Å². The van der Waals surface area contributed by atoms with Crippen LogP contribution in [0.3, 0.4) is 0 Å². The molecule has 2 N–H and O–H groups in total. The molecule has 0 saturated heterocycles. The first-order valence-corrected chi connectivity index (χ1v) is 10.2. The quantitative estimate of drug-likeness (QED) is 0.466. The summed E-state index contributed by atoms with van der Waals surface area (Å²) in [6, 6.07) is 24.2. The van der Waals surface area contributed by atoms with Gasteiger partial charge in [0, 0.05) is 23.6 Å². The van der Waals surface area contributed by atoms with Gasteiger partial charge in [0.25, 0.3) is 5.91 Å². The summed E-state index contributed by atoms with van der Waals surface area (Å²) >= 11 is 5.96. The molecule has 6 heteroatoms. The van der Waals surface area contributed by atoms with E-state index in [-0.39, 0.29) is 5.91 Å². The van der Waals surface area contributed by atoms with Gasteiger partial charge in [0.2, 0.25) is 0 Å². The van der Waals surface area contributed by atoms with Crippen LogP contribution in [0.4, 0.5) is 0 Å². The molecule has 0 bridgehead atoms. The Hall–Kier alpha value is -3.15. The van der Waals surface area contributed by atoms with Gasteiger partial charge in [0.15, 0.2) is 0 Å². The monoisotopic (exact) mass is 419 g/mol. The van der Waals surface area contributed by atoms with E-state index in [1.807, 2.05) is 59.2 Å². The Kier molecular flexibility index (Phi) is 6.12. The number of fused-ring (bicyclic) bond motifs is 1. The number of hydrogen-bond donors (Lipinski definition) is 2. The van der Waals surface area contributed by atoms with Gasteiger partial charge in [-0.1, -0.05) is 54.1 Å². The van der Waals surface area contributed by atoms with Crippen molar-refractivity contribution in [2.75, 3.05) is 6.54 Å². The maximum absolute atomic E-state index is 12.3. The zero-order chi connectivity index (χ0) is 20.9. The zero-order valence-corrected chi connectivity index (χ0v) is 17.1. The highest BCUT2D eigenvalue weighted by Gasteiger charge is 2.16. The van der Waals surface area contributed by atoms with Crippen molar-refractivity contribution in [1.82, 2.24) is 14.9 Å². The first-order chi connectivity index (χ1) is 14.6. The second-order valence-electron chi connectivity index (χ2n) is 7.07. The van der Waals surface area contributed by atoms with Gasteiger partial charge < -0.3 is 15.0 Å². The van der Waals surface area contributed by atoms with Crippen molar-refractivity contribution in [3.63, 3.8) is 0 Å². The van der Waals surface area contributed by atoms with Crippen LogP contribution in [0.2, 0.25) is 5.02 Å². The third kappa shape index (κ3) is 4.53. The van der Waals surface area contributed by atoms with Gasteiger partial charge in [-0.15, -0.1) is 0 Å². The number of hydrogen-bond acceptors (Lipinski definition) is 3. The number of benzene rings is 3. The van der Waals surface area contributed by atoms with Crippen molar-refractivity contribution in [2.45, 2.75) is 19.1 Å². The molecule has 0 saturated carbocycles. The third-order valence-electron chi connectivity index (χ3n) is 5.01. The number of halogens is 1. The summed E-state index contributed by atoms with van der Waals surface area (Å²) < 4.78 is 2.02. The predicted octanol–water partition coefficient (Wildman–Crippen LogP) is 4.40. The fourth-order valence-electron chi connectivity index (χ4n) is 3.46. The highest BCUT2D eigenvalue weighted by Crippen LogP contribution is 2.23. The highest BCUT2D eigenvalue weighted by atomic mass is 35.5. The van der Waals surface area contributed by atoms with E-state index < -0.39 is 6.10 Å². The Balaban J connectivity index is 1.51. The Morgan fingerprint density at radius 2 is 1.70 bits per heavy atom. The van der Waals surface area contributed by atoms with Crippen molar-refractivity contribution in [3.05, 3.63) is 101 Å². The second kappa shape index (κ2) is 9.11. The average molecular weight is 420 g/mol. The number of carbonyl (C=O) groups is 1. The molecule has 1 amide bonds. The molecular weight excluding hydrogens is 398 g/mol. The number of amides is 1. The lowest BCUT2D eigenvalue weighted by molar-refractivity contribution is 0.0953. The molecule has 0 aliphatic rings. The number of imidazole rings is 1. The minimum Gasteiger partial charge on any atom is -0.387 e. The van der Waals surface area contributed by atoms with E-state index in [1.165, 1.54) is 0 Å². The van der Waals surface area contributed by atoms with Crippen LogP contribution in [0, 0.1) is 0 Å². The number of nitrogens with one attached hydrogen (secondary N) is 1. The van der Waals surface area contributed by atoms with E-state index in [0.29, 0.717) is 30.1 Å². The molecule has 4 rings (SSSR count). The standard InChI is InChI=1S/C24H22ClN3O2/c25-19-12-10-17(11-13-19)22(29)16-28-21-9-5-4-8-20(21)27-23(28)14-15-26-24(30)18-6-2-1-3-7-18/h1-13,22,29H,14-16H2,(H,26,30)/t22-/m1/s1. The van der Waals surface area contributed by atoms with E-state index >= 15 is 0 Å². The summed E-state index contributed by atoms with van der Waals surface area (Å²) in [5, 5.41) is 14.3. The van der Waals surface area contributed by atoms with Gasteiger partial charge in [-0.25, -0.2) is 4.98 Å². The van der Waals surface area contributed by atoms with Crippen molar-refractivity contribution < 1.29 is 9.90 Å². The Bertz CT molecular complexity index is 1140. The van der Waals surface area contributed by atoms with Crippen molar-refractivity contribution in [3.8, 4) is 0 Å². The molecule has 0 fully saturated rings. The Morgan fingerprint density at radius 1 is 1.00 bits per heavy atom. The summed E-state index contributed by atoms with van der Waals surface area (Å²) in [4.78, 5) is 17.0. The normalized spacial score (nSPS) is 12.1. The Morgan fingerprint density at radius 3 is 2.47 bits per heavy atom. The van der Waals surface area contributed by atoms with Crippen molar-refractivity contribution >= 4 is 28.5 Å². The number of carbonyl (C=O) groups excluding carboxylic acids is 1. The number of aromatic nitrogens is 2. The maximum atomic E-state index is 12.3. The van der Waals surface area contributed by atoms with Crippen molar-refractivity contribution in [1.29, 1.82) is 0 Å². The van der Waals surface area contributed by atoms with E-state index in [0.717, 1.165) is 22.4 Å². The fraction of sp³-hybridized carbons (Fsp3) is 0.167. The van der Waals surface area contributed by atoms with Gasteiger partial charge in [-0.05, 0) is 42.0 Å². The first kappa shape index (κ1) is 20.1. The van der Waals surface area contributed by atoms with Gasteiger partial charge in [0.05, 0.1) is 23.7 Å². The lowest BCUT2D eigenvalue weighted by Crippen LogP contribution is -2.26. The van der Waals surface area contributed by atoms with E-state index in [2.05, 4.69) is 5.32 Å². The van der Waals surface area contributed by atoms with E-state index in [4.69, 9.17) is 16.6 Å². The van der Waals surface area contributed by atoms with Crippen LogP contribution in [0.15, 0.2) is 78.9 Å². The number of nitrogens with zero attached hydrogens (tertiary/aromatic N) is 2. The maximum Gasteiger partial charge on any atom is 0.251 e. The lowest BCUT2D eigenvalue weighted by Gasteiger charge is -2.15. The minimum absolute atomic E-state index is 0.112. The topological polar surface area (TPSA) is 67.2 Å². The summed E-state index contributed by atoms with van der Waals surface area (Å²) in [5.74, 6) is 0.706. The molecule has 5 nitrogen and oxygen atoms in total. The number of rotatable bonds is 7. The molecule has 0 unspecified atom stereocenters. The molecule has 0 aliphatic heterocycles. The summed E-state index contributed by atoms with van der Waals surface area (Å²) in [6.07, 6.45) is -0.141. The first-order valence-electron chi connectivity index (χ1n) is 9.83. The number of aliphatic hydroxyl groups is 1. The molecule has 3 aromatic carbocycles. The second-order valence-corrected chi connectivity index (χ2v) is 7.50. The Labute approximate surface area is 179 Å². The zero-order valence-electron chi connectivity index (χ0n) is 16.3. The molecule has 4 aromatic rings. The molecule has 1 heterocycles. The summed E-state index contributed by atoms with van der Waals surface area (Å²) in [5.41, 5.74) is 3.24. The minimum atomic E-state index is -0.697. The van der Waals surface area contributed by atoms with Gasteiger partial charge in [0.1, 0.15) is 5.82 Å². The van der Waals surface area contributed by atoms with Gasteiger partial charge in [-0.3, -0.25) is 4.79 Å². The smallest absolute Gasteiger partial charge is 0.251 e. The van der Waals surface area contributed by atoms with Crippen LogP contribution in [0.5, 0.6) is 0 Å². The molecule has 0 radical (unpaired) electrons. The van der Waals surface area contributed by atoms with Crippen LogP contribution in [0.1, 0.15) is 27.8 Å². The largest absolute Gasteiger partial charge is 0.387 e. The molecule has 152 valence electrons. The molecule has 30 heavy (non-hydrogen) atoms. The lowest BCUT2D eigenvalue weighted by atomic mass is 10.1. The number of para-hydroxylation sites is 2. The third-order valence-corrected chi connectivity index (χ3v) is 5.27. The van der Waals surface area contributed by atoms with Crippen LogP contribution in [0.25, 0.3) is 11.0 Å². The number of aliphatic hydroxyl groups excluding tert-OH is 1. The van der Waals surface area contributed by atoms with E-state index in [9.17, 15) is 9.90 Å². The SMILES string of the molecule is O=C(NCCc1nc2ccccc2n1C[C@@H](O)c1ccc(Cl)cc1)c1ccccc1. The predicted molar refractivity (Wildman–Crippen MR) is 119 cm³/mol. The van der Waals surface area contributed by atoms with Crippen LogP contribution >= 0.6 is 11.6 Å². The molecule has 0 aliphatic carbocycles. The summed E-state index contributed by atoms with van der Waals surface area (Å²) in [6.45, 7) is 0.818. The average Bonchev–Trinajstić information content (AvgIpc) is 3.12. The highest BCUT2D eigenvalue weighted by molar-refractivity contribution is 6.30. The van der Waals surface area contributed by atoms with Gasteiger partial charge in [-0.2, -0.15) is 0 Å². The summed E-state index contributed by atoms with van der Waals surface area (Å²) in [7, 11) is 0. The molecule has 1 aromatic heterocycles. The van der Waals surface area contributed by atoms with Crippen LogP contribution in [-0.4, -0.2) is 27.1 Å².